The minimum absolute atomic E-state index is 0.211. The molecule has 0 saturated carbocycles. The van der Waals surface area contributed by atoms with Gasteiger partial charge in [-0.1, -0.05) is 19.1 Å². The van der Waals surface area contributed by atoms with Crippen LogP contribution in [0.1, 0.15) is 24.6 Å². The lowest BCUT2D eigenvalue weighted by atomic mass is 10.1. The van der Waals surface area contributed by atoms with Gasteiger partial charge in [-0.05, 0) is 48.0 Å². The second-order valence-corrected chi connectivity index (χ2v) is 7.22. The smallest absolute Gasteiger partial charge is 0.295 e. The Balaban J connectivity index is 1.70. The molecule has 3 aromatic rings. The van der Waals surface area contributed by atoms with Gasteiger partial charge in [-0.25, -0.2) is 9.97 Å². The number of allylic oxidation sites excluding steroid dienone is 2. The van der Waals surface area contributed by atoms with Crippen molar-refractivity contribution in [3.8, 4) is 0 Å². The van der Waals surface area contributed by atoms with Crippen molar-refractivity contribution in [2.24, 2.45) is 0 Å². The molecule has 3 aromatic heterocycles. The number of nitrogens with zero attached hydrogens (tertiary/aromatic N) is 4. The number of aromatic nitrogens is 4. The molecule has 0 aromatic carbocycles. The average molecular weight is 419 g/mol. The van der Waals surface area contributed by atoms with Gasteiger partial charge in [0.15, 0.2) is 11.5 Å². The SMILES string of the molecule is CCCOCCn1c(=O)c(NCc2cccnc2)nc2ccc(C3=CC=CNC3)nc21. The molecule has 0 unspecified atom stereocenters. The summed E-state index contributed by atoms with van der Waals surface area (Å²) in [6.07, 6.45) is 10.3. The van der Waals surface area contributed by atoms with E-state index in [2.05, 4.69) is 27.5 Å². The molecule has 0 fully saturated rings. The number of dihydropyridines is 1. The maximum absolute atomic E-state index is 13.2. The van der Waals surface area contributed by atoms with Gasteiger partial charge < -0.3 is 15.4 Å². The third-order valence-electron chi connectivity index (χ3n) is 4.91. The summed E-state index contributed by atoms with van der Waals surface area (Å²) in [6, 6.07) is 7.67. The Hall–Kier alpha value is -3.52. The second kappa shape index (κ2) is 9.99. The van der Waals surface area contributed by atoms with E-state index in [0.717, 1.165) is 23.3 Å². The first-order valence-electron chi connectivity index (χ1n) is 10.5. The highest BCUT2D eigenvalue weighted by Gasteiger charge is 2.14. The van der Waals surface area contributed by atoms with Gasteiger partial charge >= 0.3 is 0 Å². The third kappa shape index (κ3) is 4.97. The van der Waals surface area contributed by atoms with Gasteiger partial charge in [0.2, 0.25) is 0 Å². The van der Waals surface area contributed by atoms with Crippen LogP contribution in [0.3, 0.4) is 0 Å². The van der Waals surface area contributed by atoms with E-state index in [9.17, 15) is 4.79 Å². The fourth-order valence-corrected chi connectivity index (χ4v) is 3.35. The largest absolute Gasteiger partial charge is 0.387 e. The van der Waals surface area contributed by atoms with Gasteiger partial charge in [-0.3, -0.25) is 14.3 Å². The van der Waals surface area contributed by atoms with Crippen LogP contribution in [-0.4, -0.2) is 39.3 Å². The zero-order valence-electron chi connectivity index (χ0n) is 17.5. The van der Waals surface area contributed by atoms with Gasteiger partial charge in [-0.2, -0.15) is 0 Å². The number of ether oxygens (including phenoxy) is 1. The molecule has 0 spiro atoms. The molecule has 1 aliphatic heterocycles. The highest BCUT2D eigenvalue weighted by Crippen LogP contribution is 2.18. The van der Waals surface area contributed by atoms with Crippen molar-refractivity contribution in [1.82, 2.24) is 24.8 Å². The van der Waals surface area contributed by atoms with E-state index in [-0.39, 0.29) is 5.56 Å². The number of anilines is 1. The second-order valence-electron chi connectivity index (χ2n) is 7.22. The molecular formula is C23H26N6O2. The molecular weight excluding hydrogens is 392 g/mol. The number of rotatable bonds is 9. The lowest BCUT2D eigenvalue weighted by Crippen LogP contribution is -2.28. The van der Waals surface area contributed by atoms with E-state index < -0.39 is 0 Å². The Morgan fingerprint density at radius 3 is 2.94 bits per heavy atom. The molecule has 0 atom stereocenters. The van der Waals surface area contributed by atoms with Crippen LogP contribution < -0.4 is 16.2 Å². The summed E-state index contributed by atoms with van der Waals surface area (Å²) in [4.78, 5) is 26.7. The van der Waals surface area contributed by atoms with Crippen molar-refractivity contribution >= 4 is 22.6 Å². The minimum atomic E-state index is -0.211. The van der Waals surface area contributed by atoms with E-state index in [0.29, 0.717) is 49.8 Å². The lowest BCUT2D eigenvalue weighted by Gasteiger charge is -2.15. The zero-order chi connectivity index (χ0) is 21.5. The predicted octanol–water partition coefficient (Wildman–Crippen LogP) is 2.73. The van der Waals surface area contributed by atoms with Crippen molar-refractivity contribution in [1.29, 1.82) is 0 Å². The molecule has 4 heterocycles. The molecule has 1 aliphatic rings. The van der Waals surface area contributed by atoms with Crippen LogP contribution in [0.4, 0.5) is 5.82 Å². The van der Waals surface area contributed by atoms with E-state index in [1.54, 1.807) is 17.0 Å². The van der Waals surface area contributed by atoms with Gasteiger partial charge in [0.25, 0.3) is 5.56 Å². The van der Waals surface area contributed by atoms with Gasteiger partial charge in [0.1, 0.15) is 5.52 Å². The highest BCUT2D eigenvalue weighted by atomic mass is 16.5. The fourth-order valence-electron chi connectivity index (χ4n) is 3.35. The Labute approximate surface area is 180 Å². The number of fused-ring (bicyclic) bond motifs is 1. The first-order chi connectivity index (χ1) is 15.3. The summed E-state index contributed by atoms with van der Waals surface area (Å²) in [7, 11) is 0. The molecule has 8 heteroatoms. The van der Waals surface area contributed by atoms with Crippen molar-refractivity contribution in [2.45, 2.75) is 26.4 Å². The van der Waals surface area contributed by atoms with Gasteiger partial charge in [0, 0.05) is 32.1 Å². The van der Waals surface area contributed by atoms with Crippen molar-refractivity contribution < 1.29 is 4.74 Å². The monoisotopic (exact) mass is 418 g/mol. The van der Waals surface area contributed by atoms with Gasteiger partial charge in [0.05, 0.1) is 18.8 Å². The lowest BCUT2D eigenvalue weighted by molar-refractivity contribution is 0.127. The first-order valence-corrected chi connectivity index (χ1v) is 10.5. The van der Waals surface area contributed by atoms with E-state index in [4.69, 9.17) is 9.72 Å². The molecule has 2 N–H and O–H groups in total. The van der Waals surface area contributed by atoms with Crippen LogP contribution in [0.25, 0.3) is 16.7 Å². The molecule has 31 heavy (non-hydrogen) atoms. The van der Waals surface area contributed by atoms with Crippen LogP contribution >= 0.6 is 0 Å². The first kappa shape index (κ1) is 20.7. The summed E-state index contributed by atoms with van der Waals surface area (Å²) in [5, 5.41) is 6.35. The third-order valence-corrected chi connectivity index (χ3v) is 4.91. The molecule has 0 bridgehead atoms. The van der Waals surface area contributed by atoms with Crippen molar-refractivity contribution in [3.63, 3.8) is 0 Å². The van der Waals surface area contributed by atoms with E-state index in [1.165, 1.54) is 0 Å². The van der Waals surface area contributed by atoms with E-state index in [1.807, 2.05) is 42.6 Å². The quantitative estimate of drug-likeness (QED) is 0.516. The number of hydrogen-bond acceptors (Lipinski definition) is 7. The summed E-state index contributed by atoms with van der Waals surface area (Å²) in [6.45, 7) is 4.72. The highest BCUT2D eigenvalue weighted by molar-refractivity contribution is 5.77. The summed E-state index contributed by atoms with van der Waals surface area (Å²) in [5.41, 5.74) is 3.86. The van der Waals surface area contributed by atoms with Crippen molar-refractivity contribution in [3.05, 3.63) is 76.6 Å². The molecule has 160 valence electrons. The number of nitrogens with one attached hydrogen (secondary N) is 2. The number of pyridine rings is 2. The maximum atomic E-state index is 13.2. The number of hydrogen-bond donors (Lipinski definition) is 2. The van der Waals surface area contributed by atoms with Crippen LogP contribution in [0.5, 0.6) is 0 Å². The fraction of sp³-hybridized carbons (Fsp3) is 0.304. The Morgan fingerprint density at radius 2 is 2.16 bits per heavy atom. The summed E-state index contributed by atoms with van der Waals surface area (Å²) >= 11 is 0. The summed E-state index contributed by atoms with van der Waals surface area (Å²) < 4.78 is 7.29. The Morgan fingerprint density at radius 1 is 1.23 bits per heavy atom. The zero-order valence-corrected chi connectivity index (χ0v) is 17.5. The minimum Gasteiger partial charge on any atom is -0.387 e. The molecule has 0 aliphatic carbocycles. The average Bonchev–Trinajstić information content (AvgIpc) is 2.83. The molecule has 0 amide bonds. The molecule has 8 nitrogen and oxygen atoms in total. The standard InChI is InChI=1S/C23H26N6O2/c1-2-12-31-13-11-29-22-20(8-7-19(28-22)18-6-4-10-25-16-18)27-21(23(29)30)26-15-17-5-3-9-24-14-17/h3-10,14,25H,2,11-13,15-16H2,1H3,(H,26,27). The maximum Gasteiger partial charge on any atom is 0.295 e. The predicted molar refractivity (Wildman–Crippen MR) is 122 cm³/mol. The molecule has 0 radical (unpaired) electrons. The van der Waals surface area contributed by atoms with Crippen LogP contribution in [0, 0.1) is 0 Å². The van der Waals surface area contributed by atoms with Crippen LogP contribution in [0.15, 0.2) is 59.8 Å². The Kier molecular flexibility index (Phi) is 6.68. The summed E-state index contributed by atoms with van der Waals surface area (Å²) in [5.74, 6) is 0.294. The van der Waals surface area contributed by atoms with Crippen molar-refractivity contribution in [2.75, 3.05) is 25.1 Å². The normalized spacial score (nSPS) is 13.1. The van der Waals surface area contributed by atoms with Crippen LogP contribution in [-0.2, 0) is 17.8 Å². The van der Waals surface area contributed by atoms with Crippen LogP contribution in [0.2, 0.25) is 0 Å². The Bertz CT molecular complexity index is 1150. The molecule has 4 rings (SSSR count). The van der Waals surface area contributed by atoms with E-state index >= 15 is 0 Å². The topological polar surface area (TPSA) is 94.0 Å². The molecule has 0 saturated heterocycles. The van der Waals surface area contributed by atoms with Gasteiger partial charge in [-0.15, -0.1) is 0 Å².